The molecule has 0 unspecified atom stereocenters. The molecule has 0 atom stereocenters. The van der Waals surface area contributed by atoms with E-state index in [1.165, 1.54) is 7.11 Å². The van der Waals surface area contributed by atoms with Crippen molar-refractivity contribution in [2.24, 2.45) is 0 Å². The second-order valence-corrected chi connectivity index (χ2v) is 8.22. The highest BCUT2D eigenvalue weighted by Crippen LogP contribution is 2.27. The van der Waals surface area contributed by atoms with Crippen LogP contribution in [0.5, 0.6) is 0 Å². The zero-order valence-corrected chi connectivity index (χ0v) is 17.6. The third-order valence-electron chi connectivity index (χ3n) is 4.86. The van der Waals surface area contributed by atoms with E-state index in [0.29, 0.717) is 25.9 Å². The summed E-state index contributed by atoms with van der Waals surface area (Å²) in [7, 11) is 1.40. The largest absolute Gasteiger partial charge is 0.469 e. The summed E-state index contributed by atoms with van der Waals surface area (Å²) in [6.07, 6.45) is 2.51. The van der Waals surface area contributed by atoms with Gasteiger partial charge in [-0.15, -0.1) is 0 Å². The first-order chi connectivity index (χ1) is 13.8. The Morgan fingerprint density at radius 1 is 1.14 bits per heavy atom. The van der Waals surface area contributed by atoms with Crippen molar-refractivity contribution in [3.05, 3.63) is 36.0 Å². The standard InChI is InChI=1S/C22H29N3O4/c1-22(2,3)29-21(27)25-12-10-24(11-13-25)18-7-5-6-17-14-16(15-23-20(17)18)8-9-19(26)28-4/h5-7,14-15H,8-13H2,1-4H3. The Balaban J connectivity index is 1.69. The van der Waals surface area contributed by atoms with Crippen molar-refractivity contribution >= 4 is 28.7 Å². The summed E-state index contributed by atoms with van der Waals surface area (Å²) < 4.78 is 10.2. The molecule has 0 spiro atoms. The molecule has 1 aromatic carbocycles. The minimum absolute atomic E-state index is 0.221. The highest BCUT2D eigenvalue weighted by Gasteiger charge is 2.26. The lowest BCUT2D eigenvalue weighted by Gasteiger charge is -2.37. The number of hydrogen-bond donors (Lipinski definition) is 0. The molecule has 1 fully saturated rings. The van der Waals surface area contributed by atoms with Crippen LogP contribution in [0.15, 0.2) is 30.5 Å². The molecule has 2 heterocycles. The van der Waals surface area contributed by atoms with Gasteiger partial charge in [0.15, 0.2) is 0 Å². The smallest absolute Gasteiger partial charge is 0.410 e. The molecule has 2 aromatic rings. The number of amides is 1. The monoisotopic (exact) mass is 399 g/mol. The zero-order chi connectivity index (χ0) is 21.0. The van der Waals surface area contributed by atoms with Gasteiger partial charge in [0.1, 0.15) is 5.60 Å². The fourth-order valence-electron chi connectivity index (χ4n) is 3.39. The molecule has 0 radical (unpaired) electrons. The molecule has 7 heteroatoms. The number of rotatable bonds is 4. The van der Waals surface area contributed by atoms with Gasteiger partial charge in [-0.25, -0.2) is 4.79 Å². The lowest BCUT2D eigenvalue weighted by molar-refractivity contribution is -0.140. The van der Waals surface area contributed by atoms with Crippen LogP contribution < -0.4 is 4.90 Å². The average molecular weight is 399 g/mol. The van der Waals surface area contributed by atoms with Crippen LogP contribution in [0.2, 0.25) is 0 Å². The summed E-state index contributed by atoms with van der Waals surface area (Å²) in [6.45, 7) is 8.31. The lowest BCUT2D eigenvalue weighted by atomic mass is 10.1. The molecular weight excluding hydrogens is 370 g/mol. The number of para-hydroxylation sites is 1. The van der Waals surface area contributed by atoms with E-state index in [4.69, 9.17) is 9.47 Å². The number of aryl methyl sites for hydroxylation is 1. The van der Waals surface area contributed by atoms with Crippen LogP contribution in [0.1, 0.15) is 32.8 Å². The number of carbonyl (C=O) groups excluding carboxylic acids is 2. The number of aromatic nitrogens is 1. The third kappa shape index (κ3) is 5.37. The van der Waals surface area contributed by atoms with E-state index in [-0.39, 0.29) is 12.1 Å². The number of methoxy groups -OCH3 is 1. The van der Waals surface area contributed by atoms with Gasteiger partial charge in [-0.3, -0.25) is 9.78 Å². The summed E-state index contributed by atoms with van der Waals surface area (Å²) in [6, 6.07) is 8.19. The van der Waals surface area contributed by atoms with Gasteiger partial charge in [-0.2, -0.15) is 0 Å². The number of nitrogens with zero attached hydrogens (tertiary/aromatic N) is 3. The molecule has 0 aliphatic carbocycles. The summed E-state index contributed by atoms with van der Waals surface area (Å²) in [5.74, 6) is -0.221. The van der Waals surface area contributed by atoms with Crippen molar-refractivity contribution in [3.8, 4) is 0 Å². The van der Waals surface area contributed by atoms with Gasteiger partial charge in [-0.1, -0.05) is 12.1 Å². The van der Waals surface area contributed by atoms with Gasteiger partial charge in [0.25, 0.3) is 0 Å². The zero-order valence-electron chi connectivity index (χ0n) is 17.6. The molecule has 1 amide bonds. The van der Waals surface area contributed by atoms with E-state index < -0.39 is 5.60 Å². The highest BCUT2D eigenvalue weighted by molar-refractivity contribution is 5.91. The van der Waals surface area contributed by atoms with Crippen molar-refractivity contribution in [1.29, 1.82) is 0 Å². The van der Waals surface area contributed by atoms with Gasteiger partial charge >= 0.3 is 12.1 Å². The third-order valence-corrected chi connectivity index (χ3v) is 4.86. The number of ether oxygens (including phenoxy) is 2. The van der Waals surface area contributed by atoms with Gasteiger partial charge in [0, 0.05) is 44.2 Å². The number of piperazine rings is 1. The molecule has 156 valence electrons. The molecule has 0 bridgehead atoms. The number of fused-ring (bicyclic) bond motifs is 1. The van der Waals surface area contributed by atoms with Crippen LogP contribution in [0.3, 0.4) is 0 Å². The lowest BCUT2D eigenvalue weighted by Crippen LogP contribution is -2.50. The highest BCUT2D eigenvalue weighted by atomic mass is 16.6. The topological polar surface area (TPSA) is 72.0 Å². The fourth-order valence-corrected chi connectivity index (χ4v) is 3.39. The first kappa shape index (κ1) is 20.9. The molecule has 3 rings (SSSR count). The van der Waals surface area contributed by atoms with E-state index in [1.54, 1.807) is 4.90 Å². The second-order valence-electron chi connectivity index (χ2n) is 8.22. The van der Waals surface area contributed by atoms with Crippen LogP contribution in [0.25, 0.3) is 10.9 Å². The molecule has 1 aliphatic heterocycles. The summed E-state index contributed by atoms with van der Waals surface area (Å²) in [5, 5.41) is 1.04. The number of esters is 1. The van der Waals surface area contributed by atoms with Crippen LogP contribution in [-0.2, 0) is 20.7 Å². The van der Waals surface area contributed by atoms with Crippen molar-refractivity contribution in [2.75, 3.05) is 38.2 Å². The summed E-state index contributed by atoms with van der Waals surface area (Å²) in [4.78, 5) is 32.3. The van der Waals surface area contributed by atoms with E-state index >= 15 is 0 Å². The summed E-state index contributed by atoms with van der Waals surface area (Å²) in [5.41, 5.74) is 2.51. The van der Waals surface area contributed by atoms with Gasteiger partial charge in [-0.05, 0) is 44.9 Å². The normalized spacial score (nSPS) is 14.8. The Labute approximate surface area is 171 Å². The fraction of sp³-hybridized carbons (Fsp3) is 0.500. The molecular formula is C22H29N3O4. The van der Waals surface area contributed by atoms with Crippen LogP contribution in [0.4, 0.5) is 10.5 Å². The van der Waals surface area contributed by atoms with Crippen LogP contribution in [0, 0.1) is 0 Å². The predicted molar refractivity (Wildman–Crippen MR) is 112 cm³/mol. The maximum atomic E-state index is 12.3. The van der Waals surface area contributed by atoms with Gasteiger partial charge in [0.2, 0.25) is 0 Å². The minimum atomic E-state index is -0.487. The second kappa shape index (κ2) is 8.68. The number of benzene rings is 1. The molecule has 0 saturated carbocycles. The van der Waals surface area contributed by atoms with E-state index in [1.807, 2.05) is 39.1 Å². The first-order valence-electron chi connectivity index (χ1n) is 9.94. The van der Waals surface area contributed by atoms with Gasteiger partial charge < -0.3 is 19.3 Å². The van der Waals surface area contributed by atoms with Crippen molar-refractivity contribution < 1.29 is 19.1 Å². The number of hydrogen-bond acceptors (Lipinski definition) is 6. The molecule has 1 aromatic heterocycles. The maximum Gasteiger partial charge on any atom is 0.410 e. The van der Waals surface area contributed by atoms with Crippen LogP contribution >= 0.6 is 0 Å². The maximum absolute atomic E-state index is 12.3. The minimum Gasteiger partial charge on any atom is -0.469 e. The number of pyridine rings is 1. The van der Waals surface area contributed by atoms with E-state index in [9.17, 15) is 9.59 Å². The predicted octanol–water partition coefficient (Wildman–Crippen LogP) is 3.40. The van der Waals surface area contributed by atoms with Crippen molar-refractivity contribution in [2.45, 2.75) is 39.2 Å². The van der Waals surface area contributed by atoms with Crippen LogP contribution in [-0.4, -0.2) is 60.8 Å². The number of carbonyl (C=O) groups is 2. The Morgan fingerprint density at radius 3 is 2.52 bits per heavy atom. The number of anilines is 1. The summed E-state index contributed by atoms with van der Waals surface area (Å²) >= 11 is 0. The van der Waals surface area contributed by atoms with Crippen molar-refractivity contribution in [3.63, 3.8) is 0 Å². The molecule has 1 aliphatic rings. The first-order valence-corrected chi connectivity index (χ1v) is 9.94. The average Bonchev–Trinajstić information content (AvgIpc) is 2.70. The molecule has 0 N–H and O–H groups in total. The van der Waals surface area contributed by atoms with E-state index in [0.717, 1.165) is 35.2 Å². The van der Waals surface area contributed by atoms with E-state index in [2.05, 4.69) is 22.0 Å². The molecule has 29 heavy (non-hydrogen) atoms. The SMILES string of the molecule is COC(=O)CCc1cnc2c(N3CCN(C(=O)OC(C)(C)C)CC3)cccc2c1. The molecule has 1 saturated heterocycles. The quantitative estimate of drug-likeness (QED) is 0.734. The van der Waals surface area contributed by atoms with Crippen molar-refractivity contribution in [1.82, 2.24) is 9.88 Å². The van der Waals surface area contributed by atoms with Gasteiger partial charge in [0.05, 0.1) is 18.3 Å². The Kier molecular flexibility index (Phi) is 6.25. The molecule has 7 nitrogen and oxygen atoms in total. The Bertz CT molecular complexity index is 883. The Hall–Kier alpha value is -2.83. The Morgan fingerprint density at radius 2 is 1.86 bits per heavy atom.